The van der Waals surface area contributed by atoms with Gasteiger partial charge in [0.1, 0.15) is 0 Å². The fourth-order valence-corrected chi connectivity index (χ4v) is 2.68. The SMILES string of the molecule is CCCN1CCOC(C(O)Cc2cc(C)nn2C)C1. The van der Waals surface area contributed by atoms with Crippen LogP contribution < -0.4 is 0 Å². The Labute approximate surface area is 115 Å². The lowest BCUT2D eigenvalue weighted by molar-refractivity contribution is -0.0881. The van der Waals surface area contributed by atoms with Crippen LogP contribution in [0.5, 0.6) is 0 Å². The number of hydrogen-bond acceptors (Lipinski definition) is 4. The normalized spacial score (nSPS) is 22.6. The maximum absolute atomic E-state index is 10.4. The summed E-state index contributed by atoms with van der Waals surface area (Å²) in [7, 11) is 1.92. The number of hydrogen-bond donors (Lipinski definition) is 1. The zero-order chi connectivity index (χ0) is 13.8. The van der Waals surface area contributed by atoms with E-state index in [9.17, 15) is 5.11 Å². The third-order valence-corrected chi connectivity index (χ3v) is 3.66. The van der Waals surface area contributed by atoms with Gasteiger partial charge in [-0.2, -0.15) is 5.10 Å². The van der Waals surface area contributed by atoms with E-state index in [1.165, 1.54) is 0 Å². The Hall–Kier alpha value is -0.910. The van der Waals surface area contributed by atoms with Crippen molar-refractivity contribution in [3.63, 3.8) is 0 Å². The monoisotopic (exact) mass is 267 g/mol. The lowest BCUT2D eigenvalue weighted by Gasteiger charge is -2.35. The standard InChI is InChI=1S/C14H25N3O2/c1-4-5-17-6-7-19-14(10-17)13(18)9-12-8-11(2)15-16(12)3/h8,13-14,18H,4-7,9-10H2,1-3H3. The zero-order valence-corrected chi connectivity index (χ0v) is 12.2. The van der Waals surface area contributed by atoms with E-state index in [-0.39, 0.29) is 6.10 Å². The summed E-state index contributed by atoms with van der Waals surface area (Å²) in [6.45, 7) is 7.74. The molecule has 5 heteroatoms. The van der Waals surface area contributed by atoms with E-state index in [1.54, 1.807) is 0 Å². The van der Waals surface area contributed by atoms with E-state index in [0.717, 1.165) is 37.4 Å². The highest BCUT2D eigenvalue weighted by atomic mass is 16.5. The Morgan fingerprint density at radius 1 is 1.58 bits per heavy atom. The van der Waals surface area contributed by atoms with Crippen LogP contribution in [0.25, 0.3) is 0 Å². The van der Waals surface area contributed by atoms with Crippen molar-refractivity contribution >= 4 is 0 Å². The first-order valence-corrected chi connectivity index (χ1v) is 7.11. The van der Waals surface area contributed by atoms with E-state index in [4.69, 9.17) is 4.74 Å². The summed E-state index contributed by atoms with van der Waals surface area (Å²) < 4.78 is 7.55. The third kappa shape index (κ3) is 3.78. The molecular formula is C14H25N3O2. The molecule has 0 bridgehead atoms. The molecular weight excluding hydrogens is 242 g/mol. The molecule has 5 nitrogen and oxygen atoms in total. The van der Waals surface area contributed by atoms with Crippen molar-refractivity contribution in [2.24, 2.45) is 7.05 Å². The van der Waals surface area contributed by atoms with Crippen LogP contribution in [0.1, 0.15) is 24.7 Å². The number of aromatic nitrogens is 2. The Morgan fingerprint density at radius 3 is 3.00 bits per heavy atom. The average Bonchev–Trinajstić information content (AvgIpc) is 2.68. The van der Waals surface area contributed by atoms with Gasteiger partial charge in [0.05, 0.1) is 24.5 Å². The van der Waals surface area contributed by atoms with Crippen molar-refractivity contribution in [3.05, 3.63) is 17.5 Å². The summed E-state index contributed by atoms with van der Waals surface area (Å²) in [5, 5.41) is 14.7. The molecule has 2 rings (SSSR count). The molecule has 1 fully saturated rings. The zero-order valence-electron chi connectivity index (χ0n) is 12.2. The van der Waals surface area contributed by atoms with Gasteiger partial charge in [0.25, 0.3) is 0 Å². The predicted octanol–water partition coefficient (Wildman–Crippen LogP) is 0.743. The molecule has 0 radical (unpaired) electrons. The van der Waals surface area contributed by atoms with Crippen molar-refractivity contribution in [2.75, 3.05) is 26.2 Å². The molecule has 0 spiro atoms. The maximum Gasteiger partial charge on any atom is 0.0964 e. The second-order valence-electron chi connectivity index (χ2n) is 5.38. The molecule has 1 aliphatic heterocycles. The van der Waals surface area contributed by atoms with Crippen LogP contribution in [0.4, 0.5) is 0 Å². The van der Waals surface area contributed by atoms with E-state index < -0.39 is 6.10 Å². The predicted molar refractivity (Wildman–Crippen MR) is 74.1 cm³/mol. The van der Waals surface area contributed by atoms with Gasteiger partial charge >= 0.3 is 0 Å². The molecule has 108 valence electrons. The number of aliphatic hydroxyl groups excluding tert-OH is 1. The Balaban J connectivity index is 1.92. The number of aliphatic hydroxyl groups is 1. The maximum atomic E-state index is 10.4. The van der Waals surface area contributed by atoms with E-state index in [1.807, 2.05) is 24.7 Å². The number of rotatable bonds is 5. The fraction of sp³-hybridized carbons (Fsp3) is 0.786. The van der Waals surface area contributed by atoms with Crippen molar-refractivity contribution in [3.8, 4) is 0 Å². The molecule has 19 heavy (non-hydrogen) atoms. The van der Waals surface area contributed by atoms with Crippen molar-refractivity contribution < 1.29 is 9.84 Å². The van der Waals surface area contributed by atoms with Crippen LogP contribution in [0.15, 0.2) is 6.07 Å². The van der Waals surface area contributed by atoms with Gasteiger partial charge in [0, 0.05) is 32.3 Å². The first kappa shape index (κ1) is 14.5. The van der Waals surface area contributed by atoms with Gasteiger partial charge in [-0.05, 0) is 26.0 Å². The minimum absolute atomic E-state index is 0.0875. The quantitative estimate of drug-likeness (QED) is 0.855. The summed E-state index contributed by atoms with van der Waals surface area (Å²) in [4.78, 5) is 2.37. The van der Waals surface area contributed by atoms with E-state index in [2.05, 4.69) is 16.9 Å². The molecule has 1 N–H and O–H groups in total. The fourth-order valence-electron chi connectivity index (χ4n) is 2.68. The number of ether oxygens (including phenoxy) is 1. The number of morpholine rings is 1. The summed E-state index contributed by atoms with van der Waals surface area (Å²) in [5.74, 6) is 0. The van der Waals surface area contributed by atoms with Crippen molar-refractivity contribution in [2.45, 2.75) is 38.9 Å². The van der Waals surface area contributed by atoms with E-state index in [0.29, 0.717) is 13.0 Å². The molecule has 1 aliphatic rings. The minimum Gasteiger partial charge on any atom is -0.390 e. The largest absolute Gasteiger partial charge is 0.390 e. The molecule has 2 unspecified atom stereocenters. The Bertz CT molecular complexity index is 403. The molecule has 0 aliphatic carbocycles. The van der Waals surface area contributed by atoms with Crippen molar-refractivity contribution in [1.82, 2.24) is 14.7 Å². The highest BCUT2D eigenvalue weighted by Gasteiger charge is 2.27. The molecule has 2 heterocycles. The molecule has 0 amide bonds. The Kier molecular flexibility index (Phi) is 4.96. The van der Waals surface area contributed by atoms with Crippen LogP contribution in [0.3, 0.4) is 0 Å². The second kappa shape index (κ2) is 6.50. The second-order valence-corrected chi connectivity index (χ2v) is 5.38. The van der Waals surface area contributed by atoms with Gasteiger partial charge in [-0.1, -0.05) is 6.92 Å². The third-order valence-electron chi connectivity index (χ3n) is 3.66. The lowest BCUT2D eigenvalue weighted by Crippen LogP contribution is -2.48. The topological polar surface area (TPSA) is 50.5 Å². The van der Waals surface area contributed by atoms with Crippen LogP contribution in [0, 0.1) is 6.92 Å². The van der Waals surface area contributed by atoms with Crippen LogP contribution >= 0.6 is 0 Å². The lowest BCUT2D eigenvalue weighted by atomic mass is 10.1. The summed E-state index contributed by atoms with van der Waals surface area (Å²) >= 11 is 0. The van der Waals surface area contributed by atoms with E-state index >= 15 is 0 Å². The number of nitrogens with zero attached hydrogens (tertiary/aromatic N) is 3. The van der Waals surface area contributed by atoms with Gasteiger partial charge in [-0.25, -0.2) is 0 Å². The van der Waals surface area contributed by atoms with Crippen LogP contribution in [-0.2, 0) is 18.2 Å². The molecule has 1 aromatic rings. The average molecular weight is 267 g/mol. The van der Waals surface area contributed by atoms with Crippen molar-refractivity contribution in [1.29, 1.82) is 0 Å². The first-order chi connectivity index (χ1) is 9.10. The molecule has 1 saturated heterocycles. The van der Waals surface area contributed by atoms with Gasteiger partial charge < -0.3 is 9.84 Å². The molecule has 1 aromatic heterocycles. The molecule has 0 saturated carbocycles. The smallest absolute Gasteiger partial charge is 0.0964 e. The Morgan fingerprint density at radius 2 is 2.37 bits per heavy atom. The summed E-state index contributed by atoms with van der Waals surface area (Å²) in [6.07, 6.45) is 1.19. The first-order valence-electron chi connectivity index (χ1n) is 7.11. The minimum atomic E-state index is -0.463. The molecule has 0 aromatic carbocycles. The van der Waals surface area contributed by atoms with Crippen LogP contribution in [0.2, 0.25) is 0 Å². The van der Waals surface area contributed by atoms with Gasteiger partial charge in [0.2, 0.25) is 0 Å². The van der Waals surface area contributed by atoms with Gasteiger partial charge in [-0.3, -0.25) is 9.58 Å². The highest BCUT2D eigenvalue weighted by Crippen LogP contribution is 2.14. The van der Waals surface area contributed by atoms with Gasteiger partial charge in [0.15, 0.2) is 0 Å². The molecule has 2 atom stereocenters. The summed E-state index contributed by atoms with van der Waals surface area (Å²) in [6, 6.07) is 2.02. The van der Waals surface area contributed by atoms with Gasteiger partial charge in [-0.15, -0.1) is 0 Å². The number of aryl methyl sites for hydroxylation is 2. The highest BCUT2D eigenvalue weighted by molar-refractivity contribution is 5.10. The summed E-state index contributed by atoms with van der Waals surface area (Å²) in [5.41, 5.74) is 2.04. The van der Waals surface area contributed by atoms with Crippen LogP contribution in [-0.4, -0.2) is 58.2 Å².